The van der Waals surface area contributed by atoms with Crippen molar-refractivity contribution in [3.63, 3.8) is 0 Å². The highest BCUT2D eigenvalue weighted by molar-refractivity contribution is 5.81. The number of carbonyl (C=O) groups is 4. The monoisotopic (exact) mass is 550 g/mol. The Kier molecular flexibility index (Phi) is 13.3. The minimum atomic E-state index is -0.824. The Morgan fingerprint density at radius 1 is 0.725 bits per heavy atom. The van der Waals surface area contributed by atoms with Crippen LogP contribution < -0.4 is 0 Å². The largest absolute Gasteiger partial charge is 0.481 e. The normalized spacial score (nSPS) is 12.5. The summed E-state index contributed by atoms with van der Waals surface area (Å²) < 4.78 is 6.04. The van der Waals surface area contributed by atoms with Gasteiger partial charge in [-0.3, -0.25) is 19.2 Å². The van der Waals surface area contributed by atoms with Gasteiger partial charge in [-0.15, -0.1) is 0 Å². The average molecular weight is 551 g/mol. The Hall–Kier alpha value is -3.28. The van der Waals surface area contributed by atoms with Crippen molar-refractivity contribution in [2.75, 3.05) is 0 Å². The molecule has 0 aliphatic carbocycles. The van der Waals surface area contributed by atoms with Gasteiger partial charge in [0.1, 0.15) is 17.7 Å². The molecular formula is C34H46O6. The molecule has 2 aromatic rings. The summed E-state index contributed by atoms with van der Waals surface area (Å²) in [5.41, 5.74) is 0.985. The molecule has 0 radical (unpaired) electrons. The number of hydrogen-bond donors (Lipinski definition) is 1. The van der Waals surface area contributed by atoms with Crippen molar-refractivity contribution in [1.29, 1.82) is 0 Å². The molecule has 1 N–H and O–H groups in total. The molecule has 0 saturated heterocycles. The molecule has 0 spiro atoms. The van der Waals surface area contributed by atoms with Crippen LogP contribution in [0.3, 0.4) is 0 Å². The molecule has 0 heterocycles. The lowest BCUT2D eigenvalue weighted by molar-refractivity contribution is -0.160. The van der Waals surface area contributed by atoms with Crippen molar-refractivity contribution in [2.24, 2.45) is 10.8 Å². The first kappa shape index (κ1) is 32.9. The maximum atomic E-state index is 13.2. The van der Waals surface area contributed by atoms with Gasteiger partial charge in [-0.2, -0.15) is 0 Å². The van der Waals surface area contributed by atoms with Crippen LogP contribution in [0.2, 0.25) is 0 Å². The fraction of sp³-hybridized carbons (Fsp3) is 0.529. The van der Waals surface area contributed by atoms with Crippen LogP contribution in [0.1, 0.15) is 109 Å². The summed E-state index contributed by atoms with van der Waals surface area (Å²) in [6, 6.07) is 19.7. The number of Topliss-reactive ketones (excluding diaryl/α,β-unsaturated/α-hetero) is 2. The van der Waals surface area contributed by atoms with Crippen LogP contribution in [0.25, 0.3) is 0 Å². The SMILES string of the molecule is CC(C)(CCCC(=O)CCCC(=O)CCCC(C)(C)C(=O)OC(Cc1ccccc1)c1ccccc1)CC(=O)O. The summed E-state index contributed by atoms with van der Waals surface area (Å²) in [5, 5.41) is 8.96. The molecule has 218 valence electrons. The minimum Gasteiger partial charge on any atom is -0.481 e. The number of carboxylic acid groups (broad SMARTS) is 1. The lowest BCUT2D eigenvalue weighted by Crippen LogP contribution is -2.29. The summed E-state index contributed by atoms with van der Waals surface area (Å²) in [6.07, 6.45) is 4.79. The third kappa shape index (κ3) is 12.7. The second-order valence-corrected chi connectivity index (χ2v) is 12.3. The predicted molar refractivity (Wildman–Crippen MR) is 157 cm³/mol. The fourth-order valence-corrected chi connectivity index (χ4v) is 4.84. The molecule has 6 nitrogen and oxygen atoms in total. The van der Waals surface area contributed by atoms with Crippen LogP contribution in [0.15, 0.2) is 60.7 Å². The first-order valence-corrected chi connectivity index (χ1v) is 14.4. The van der Waals surface area contributed by atoms with Crippen molar-refractivity contribution in [1.82, 2.24) is 0 Å². The molecule has 0 aliphatic rings. The zero-order valence-corrected chi connectivity index (χ0v) is 24.6. The molecule has 0 amide bonds. The van der Waals surface area contributed by atoms with Crippen LogP contribution in [-0.2, 0) is 30.3 Å². The van der Waals surface area contributed by atoms with Gasteiger partial charge in [0.25, 0.3) is 0 Å². The number of carboxylic acids is 1. The second kappa shape index (κ2) is 16.1. The third-order valence-electron chi connectivity index (χ3n) is 7.34. The highest BCUT2D eigenvalue weighted by Gasteiger charge is 2.32. The Bertz CT molecular complexity index is 1090. The summed E-state index contributed by atoms with van der Waals surface area (Å²) in [4.78, 5) is 48.7. The summed E-state index contributed by atoms with van der Waals surface area (Å²) in [5.74, 6) is -0.881. The Labute approximate surface area is 239 Å². The van der Waals surface area contributed by atoms with E-state index in [4.69, 9.17) is 9.84 Å². The van der Waals surface area contributed by atoms with Gasteiger partial charge in [-0.25, -0.2) is 0 Å². The van der Waals surface area contributed by atoms with Gasteiger partial charge in [0.05, 0.1) is 11.8 Å². The van der Waals surface area contributed by atoms with E-state index in [-0.39, 0.29) is 29.4 Å². The van der Waals surface area contributed by atoms with Gasteiger partial charge in [-0.05, 0) is 62.5 Å². The van der Waals surface area contributed by atoms with E-state index in [0.29, 0.717) is 64.2 Å². The smallest absolute Gasteiger partial charge is 0.312 e. The molecule has 2 aromatic carbocycles. The van der Waals surface area contributed by atoms with Crippen LogP contribution in [0.4, 0.5) is 0 Å². The standard InChI is InChI=1S/C34H46O6/c1-33(2,25-31(37)38)22-12-20-28(35)18-11-19-29(36)21-13-23-34(3,4)32(39)40-30(27-16-9-6-10-17-27)24-26-14-7-5-8-15-26/h5-10,14-17,30H,11-13,18-25H2,1-4H3,(H,37,38). The molecule has 40 heavy (non-hydrogen) atoms. The number of carbonyl (C=O) groups excluding carboxylic acids is 3. The predicted octanol–water partition coefficient (Wildman–Crippen LogP) is 7.69. The van der Waals surface area contributed by atoms with Gasteiger partial charge >= 0.3 is 11.9 Å². The highest BCUT2D eigenvalue weighted by Crippen LogP contribution is 2.31. The number of ketones is 2. The minimum absolute atomic E-state index is 0.0888. The van der Waals surface area contributed by atoms with E-state index in [1.807, 2.05) is 88.4 Å². The van der Waals surface area contributed by atoms with Gasteiger partial charge in [0.2, 0.25) is 0 Å². The van der Waals surface area contributed by atoms with E-state index >= 15 is 0 Å². The van der Waals surface area contributed by atoms with Gasteiger partial charge < -0.3 is 9.84 Å². The van der Waals surface area contributed by atoms with E-state index in [1.54, 1.807) is 0 Å². The number of ether oxygens (including phenoxy) is 1. The topological polar surface area (TPSA) is 97.7 Å². The lowest BCUT2D eigenvalue weighted by Gasteiger charge is -2.27. The molecule has 0 fully saturated rings. The molecule has 1 atom stereocenters. The summed E-state index contributed by atoms with van der Waals surface area (Å²) in [6.45, 7) is 7.52. The first-order chi connectivity index (χ1) is 18.9. The Morgan fingerprint density at radius 2 is 1.23 bits per heavy atom. The van der Waals surface area contributed by atoms with E-state index < -0.39 is 17.5 Å². The second-order valence-electron chi connectivity index (χ2n) is 12.3. The first-order valence-electron chi connectivity index (χ1n) is 14.4. The number of benzene rings is 2. The van der Waals surface area contributed by atoms with Gasteiger partial charge in [0.15, 0.2) is 0 Å². The molecule has 0 saturated carbocycles. The maximum Gasteiger partial charge on any atom is 0.312 e. The van der Waals surface area contributed by atoms with E-state index in [9.17, 15) is 19.2 Å². The van der Waals surface area contributed by atoms with Gasteiger partial charge in [-0.1, -0.05) is 74.5 Å². The third-order valence-corrected chi connectivity index (χ3v) is 7.34. The van der Waals surface area contributed by atoms with Crippen LogP contribution in [-0.4, -0.2) is 28.6 Å². The van der Waals surface area contributed by atoms with Crippen LogP contribution in [0.5, 0.6) is 0 Å². The zero-order chi connectivity index (χ0) is 29.6. The number of hydrogen-bond acceptors (Lipinski definition) is 5. The van der Waals surface area contributed by atoms with Gasteiger partial charge in [0, 0.05) is 32.1 Å². The summed E-state index contributed by atoms with van der Waals surface area (Å²) >= 11 is 0. The molecule has 0 bridgehead atoms. The average Bonchev–Trinajstić information content (AvgIpc) is 2.88. The van der Waals surface area contributed by atoms with Crippen molar-refractivity contribution in [2.45, 2.75) is 104 Å². The van der Waals surface area contributed by atoms with Crippen molar-refractivity contribution >= 4 is 23.5 Å². The number of aliphatic carboxylic acids is 1. The number of esters is 1. The molecule has 0 aromatic heterocycles. The fourth-order valence-electron chi connectivity index (χ4n) is 4.84. The van der Waals surface area contributed by atoms with E-state index in [0.717, 1.165) is 11.1 Å². The number of rotatable bonds is 19. The van der Waals surface area contributed by atoms with E-state index in [1.165, 1.54) is 0 Å². The summed E-state index contributed by atoms with van der Waals surface area (Å²) in [7, 11) is 0. The quantitative estimate of drug-likeness (QED) is 0.180. The molecule has 0 aliphatic heterocycles. The van der Waals surface area contributed by atoms with Crippen molar-refractivity contribution < 1.29 is 29.0 Å². The van der Waals surface area contributed by atoms with Crippen molar-refractivity contribution in [3.8, 4) is 0 Å². The lowest BCUT2D eigenvalue weighted by atomic mass is 9.83. The molecule has 1 unspecified atom stereocenters. The van der Waals surface area contributed by atoms with Crippen molar-refractivity contribution in [3.05, 3.63) is 71.8 Å². The van der Waals surface area contributed by atoms with Crippen LogP contribution >= 0.6 is 0 Å². The molecule has 6 heteroatoms. The maximum absolute atomic E-state index is 13.2. The Balaban J connectivity index is 1.73. The molecule has 2 rings (SSSR count). The Morgan fingerprint density at radius 3 is 1.77 bits per heavy atom. The van der Waals surface area contributed by atoms with E-state index in [2.05, 4.69) is 0 Å². The zero-order valence-electron chi connectivity index (χ0n) is 24.6. The highest BCUT2D eigenvalue weighted by atomic mass is 16.5. The van der Waals surface area contributed by atoms with Crippen LogP contribution in [0, 0.1) is 10.8 Å². The molecular weight excluding hydrogens is 504 g/mol.